The molecule has 2 aliphatic rings. The Morgan fingerprint density at radius 1 is 1.70 bits per heavy atom. The van der Waals surface area contributed by atoms with Crippen molar-refractivity contribution in [3.63, 3.8) is 0 Å². The van der Waals surface area contributed by atoms with E-state index < -0.39 is 0 Å². The van der Waals surface area contributed by atoms with E-state index in [1.54, 1.807) is 6.20 Å². The van der Waals surface area contributed by atoms with Crippen molar-refractivity contribution in [2.24, 2.45) is 10.9 Å². The molecule has 1 N–H and O–H groups in total. The van der Waals surface area contributed by atoms with E-state index in [0.717, 1.165) is 18.7 Å². The van der Waals surface area contributed by atoms with Gasteiger partial charge in [0.25, 0.3) is 0 Å². The summed E-state index contributed by atoms with van der Waals surface area (Å²) in [6, 6.07) is 0. The number of carbonyl (C=O) groups excluding carboxylic acids is 1. The van der Waals surface area contributed by atoms with Gasteiger partial charge in [0, 0.05) is 18.5 Å². The van der Waals surface area contributed by atoms with Gasteiger partial charge in [0.15, 0.2) is 0 Å². The molecular weight excluding hydrogens is 128 g/mol. The van der Waals surface area contributed by atoms with E-state index >= 15 is 0 Å². The quantitative estimate of drug-likeness (QED) is 0.504. The molecule has 0 saturated heterocycles. The lowest BCUT2D eigenvalue weighted by atomic mass is 9.99. The van der Waals surface area contributed by atoms with Crippen LogP contribution in [0.1, 0.15) is 6.42 Å². The second kappa shape index (κ2) is 1.94. The summed E-state index contributed by atoms with van der Waals surface area (Å²) < 4.78 is 0. The molecule has 0 spiro atoms. The maximum atomic E-state index is 11.0. The fourth-order valence-electron chi connectivity index (χ4n) is 1.32. The van der Waals surface area contributed by atoms with Gasteiger partial charge in [-0.3, -0.25) is 9.79 Å². The van der Waals surface area contributed by atoms with Crippen LogP contribution < -0.4 is 5.32 Å². The third kappa shape index (κ3) is 0.667. The van der Waals surface area contributed by atoms with Crippen LogP contribution in [0.4, 0.5) is 0 Å². The summed E-state index contributed by atoms with van der Waals surface area (Å²) in [7, 11) is 0. The highest BCUT2D eigenvalue weighted by Gasteiger charge is 2.27. The number of allylic oxidation sites excluding steroid dienone is 1. The van der Waals surface area contributed by atoms with Crippen molar-refractivity contribution >= 4 is 11.6 Å². The smallest absolute Gasteiger partial charge is 0.233 e. The first-order valence-corrected chi connectivity index (χ1v) is 3.39. The summed E-state index contributed by atoms with van der Waals surface area (Å²) in [6.45, 7) is 0.803. The van der Waals surface area contributed by atoms with Crippen LogP contribution in [-0.4, -0.2) is 18.2 Å². The molecule has 1 unspecified atom stereocenters. The van der Waals surface area contributed by atoms with Gasteiger partial charge < -0.3 is 5.32 Å². The largest absolute Gasteiger partial charge is 0.332 e. The number of nitrogens with zero attached hydrogens (tertiary/aromatic N) is 1. The van der Waals surface area contributed by atoms with Gasteiger partial charge in [0.2, 0.25) is 5.91 Å². The van der Waals surface area contributed by atoms with Gasteiger partial charge in [-0.1, -0.05) is 0 Å². The highest BCUT2D eigenvalue weighted by molar-refractivity contribution is 6.13. The number of amides is 1. The molecule has 0 fully saturated rings. The molecule has 0 saturated carbocycles. The molecule has 0 aromatic rings. The molecule has 10 heavy (non-hydrogen) atoms. The molecular formula is C7H8N2O. The van der Waals surface area contributed by atoms with Crippen LogP contribution in [0.3, 0.4) is 0 Å². The van der Waals surface area contributed by atoms with Crippen molar-refractivity contribution in [2.45, 2.75) is 6.42 Å². The highest BCUT2D eigenvalue weighted by atomic mass is 16.1. The summed E-state index contributed by atoms with van der Waals surface area (Å²) in [5, 5.41) is 2.65. The average Bonchev–Trinajstić information content (AvgIpc) is 2.36. The summed E-state index contributed by atoms with van der Waals surface area (Å²) in [5.41, 5.74) is 0.948. The van der Waals surface area contributed by atoms with Crippen LogP contribution in [0.25, 0.3) is 0 Å². The second-order valence-electron chi connectivity index (χ2n) is 2.49. The van der Waals surface area contributed by atoms with Crippen LogP contribution in [0, 0.1) is 5.92 Å². The van der Waals surface area contributed by atoms with Gasteiger partial charge in [-0.2, -0.15) is 0 Å². The van der Waals surface area contributed by atoms with Crippen LogP contribution in [0.5, 0.6) is 0 Å². The topological polar surface area (TPSA) is 41.5 Å². The summed E-state index contributed by atoms with van der Waals surface area (Å²) >= 11 is 0. The average molecular weight is 136 g/mol. The fourth-order valence-corrected chi connectivity index (χ4v) is 1.32. The fraction of sp³-hybridized carbons (Fsp3) is 0.429. The first-order valence-electron chi connectivity index (χ1n) is 3.39. The van der Waals surface area contributed by atoms with Gasteiger partial charge in [-0.05, 0) is 12.5 Å². The van der Waals surface area contributed by atoms with Crippen LogP contribution in [0.15, 0.2) is 17.3 Å². The molecule has 3 nitrogen and oxygen atoms in total. The van der Waals surface area contributed by atoms with Crippen molar-refractivity contribution in [2.75, 3.05) is 6.54 Å². The Hall–Kier alpha value is -1.12. The van der Waals surface area contributed by atoms with E-state index in [2.05, 4.69) is 10.3 Å². The lowest BCUT2D eigenvalue weighted by Crippen LogP contribution is -2.33. The predicted molar refractivity (Wildman–Crippen MR) is 37.7 cm³/mol. The van der Waals surface area contributed by atoms with Crippen molar-refractivity contribution < 1.29 is 4.79 Å². The number of hydrogen-bond acceptors (Lipinski definition) is 2. The summed E-state index contributed by atoms with van der Waals surface area (Å²) in [6.07, 6.45) is 4.41. The van der Waals surface area contributed by atoms with E-state index in [-0.39, 0.29) is 11.8 Å². The van der Waals surface area contributed by atoms with Gasteiger partial charge in [-0.25, -0.2) is 0 Å². The molecule has 0 aromatic heterocycles. The van der Waals surface area contributed by atoms with Crippen molar-refractivity contribution in [3.05, 3.63) is 12.3 Å². The monoisotopic (exact) mass is 136 g/mol. The minimum Gasteiger partial charge on any atom is -0.332 e. The minimum absolute atomic E-state index is 0.0463. The lowest BCUT2D eigenvalue weighted by molar-refractivity contribution is -0.122. The van der Waals surface area contributed by atoms with Crippen LogP contribution >= 0.6 is 0 Å². The van der Waals surface area contributed by atoms with Crippen molar-refractivity contribution in [1.82, 2.24) is 5.32 Å². The first kappa shape index (κ1) is 5.65. The van der Waals surface area contributed by atoms with E-state index in [4.69, 9.17) is 0 Å². The predicted octanol–water partition coefficient (Wildman–Crippen LogP) is 0.0908. The third-order valence-corrected chi connectivity index (χ3v) is 1.87. The Bertz CT molecular complexity index is 230. The Balaban J connectivity index is 2.34. The second-order valence-corrected chi connectivity index (χ2v) is 2.49. The molecule has 3 heteroatoms. The molecule has 0 aliphatic carbocycles. The normalized spacial score (nSPS) is 29.4. The lowest BCUT2D eigenvalue weighted by Gasteiger charge is -2.12. The van der Waals surface area contributed by atoms with Crippen LogP contribution in [0.2, 0.25) is 0 Å². The number of fused-ring (bicyclic) bond motifs is 1. The molecule has 1 amide bonds. The Morgan fingerprint density at radius 3 is 3.40 bits per heavy atom. The zero-order valence-corrected chi connectivity index (χ0v) is 5.50. The van der Waals surface area contributed by atoms with E-state index in [1.807, 2.05) is 6.08 Å². The van der Waals surface area contributed by atoms with E-state index in [0.29, 0.717) is 0 Å². The molecule has 0 radical (unpaired) electrons. The Morgan fingerprint density at radius 2 is 2.60 bits per heavy atom. The Kier molecular flexibility index (Phi) is 1.09. The number of hydrogen-bond donors (Lipinski definition) is 1. The first-order chi connectivity index (χ1) is 4.88. The SMILES string of the molecule is O=C1NC=CC2=NCCC12. The number of aliphatic imine (C=N–C) groups is 1. The van der Waals surface area contributed by atoms with Gasteiger partial charge in [0.1, 0.15) is 0 Å². The maximum Gasteiger partial charge on any atom is 0.233 e. The minimum atomic E-state index is 0.0463. The molecule has 2 rings (SSSR count). The zero-order chi connectivity index (χ0) is 6.97. The van der Waals surface area contributed by atoms with Crippen molar-refractivity contribution in [3.8, 4) is 0 Å². The number of nitrogens with one attached hydrogen (secondary N) is 1. The molecule has 2 heterocycles. The summed E-state index contributed by atoms with van der Waals surface area (Å²) in [4.78, 5) is 15.2. The van der Waals surface area contributed by atoms with Crippen LogP contribution in [-0.2, 0) is 4.79 Å². The standard InChI is InChI=1S/C7H8N2O/c10-7-5-1-3-8-6(5)2-4-9-7/h2,4-5H,1,3H2,(H,9,10). The van der Waals surface area contributed by atoms with Crippen molar-refractivity contribution in [1.29, 1.82) is 0 Å². The summed E-state index contributed by atoms with van der Waals surface area (Å²) in [5.74, 6) is 0.142. The Labute approximate surface area is 58.8 Å². The van der Waals surface area contributed by atoms with Gasteiger partial charge >= 0.3 is 0 Å². The number of carbonyl (C=O) groups is 1. The molecule has 0 bridgehead atoms. The third-order valence-electron chi connectivity index (χ3n) is 1.87. The maximum absolute atomic E-state index is 11.0. The molecule has 2 aliphatic heterocycles. The van der Waals surface area contributed by atoms with E-state index in [1.165, 1.54) is 0 Å². The van der Waals surface area contributed by atoms with Gasteiger partial charge in [0.05, 0.1) is 5.92 Å². The van der Waals surface area contributed by atoms with E-state index in [9.17, 15) is 4.79 Å². The number of rotatable bonds is 0. The molecule has 0 aromatic carbocycles. The molecule has 52 valence electrons. The molecule has 1 atom stereocenters. The van der Waals surface area contributed by atoms with Gasteiger partial charge in [-0.15, -0.1) is 0 Å². The zero-order valence-electron chi connectivity index (χ0n) is 5.50. The highest BCUT2D eigenvalue weighted by Crippen LogP contribution is 2.17.